The predicted octanol–water partition coefficient (Wildman–Crippen LogP) is 4.43. The fourth-order valence-electron chi connectivity index (χ4n) is 6.39. The molecule has 7 rings (SSSR count). The topological polar surface area (TPSA) is 63.7 Å². The van der Waals surface area contributed by atoms with Crippen molar-refractivity contribution < 1.29 is 19.1 Å². The lowest BCUT2D eigenvalue weighted by Gasteiger charge is -2.52. The molecule has 2 bridgehead atoms. The van der Waals surface area contributed by atoms with Crippen LogP contribution in [0.15, 0.2) is 72.8 Å². The highest BCUT2D eigenvalue weighted by molar-refractivity contribution is 6.24. The molecule has 0 radical (unpaired) electrons. The molecule has 1 fully saturated rings. The summed E-state index contributed by atoms with van der Waals surface area (Å²) in [5, 5.41) is 0. The Kier molecular flexibility index (Phi) is 4.15. The van der Waals surface area contributed by atoms with Gasteiger partial charge in [0.15, 0.2) is 0 Å². The standard InChI is InChI=1S/C28H23NO4/c1-3-33-27(32)16-9-8-10-17(15-16)29-25(30)23-22-18-11-4-6-13-20(18)28(2,24(23)26(29)31)21-14-7-5-12-19(21)22/h4-15,22-24H,3H2,1-2H3/t22?,23-,24-,28?/m0/s1. The number of rotatable bonds is 3. The lowest BCUT2D eigenvalue weighted by Crippen LogP contribution is -2.51. The average Bonchev–Trinajstić information content (AvgIpc) is 3.11. The Morgan fingerprint density at radius 2 is 1.55 bits per heavy atom. The molecule has 3 aromatic carbocycles. The van der Waals surface area contributed by atoms with E-state index in [1.54, 1.807) is 31.2 Å². The minimum Gasteiger partial charge on any atom is -0.462 e. The smallest absolute Gasteiger partial charge is 0.338 e. The molecule has 1 aliphatic heterocycles. The lowest BCUT2D eigenvalue weighted by atomic mass is 9.48. The van der Waals surface area contributed by atoms with E-state index in [9.17, 15) is 14.4 Å². The van der Waals surface area contributed by atoms with Gasteiger partial charge in [-0.25, -0.2) is 9.69 Å². The summed E-state index contributed by atoms with van der Waals surface area (Å²) in [5.74, 6) is -2.01. The van der Waals surface area contributed by atoms with Gasteiger partial charge in [0.05, 0.1) is 29.7 Å². The van der Waals surface area contributed by atoms with Crippen LogP contribution in [0.5, 0.6) is 0 Å². The van der Waals surface area contributed by atoms with Crippen LogP contribution in [0.2, 0.25) is 0 Å². The zero-order chi connectivity index (χ0) is 22.9. The van der Waals surface area contributed by atoms with Gasteiger partial charge in [0.25, 0.3) is 0 Å². The second kappa shape index (κ2) is 6.88. The molecule has 3 aromatic rings. The highest BCUT2D eigenvalue weighted by atomic mass is 16.5. The van der Waals surface area contributed by atoms with Gasteiger partial charge in [-0.05, 0) is 47.4 Å². The van der Waals surface area contributed by atoms with Crippen LogP contribution in [-0.4, -0.2) is 24.4 Å². The van der Waals surface area contributed by atoms with E-state index < -0.39 is 23.2 Å². The third-order valence-electron chi connectivity index (χ3n) is 7.66. The quantitative estimate of drug-likeness (QED) is 0.449. The van der Waals surface area contributed by atoms with Crippen LogP contribution in [0.4, 0.5) is 5.69 Å². The van der Waals surface area contributed by atoms with Gasteiger partial charge in [-0.2, -0.15) is 0 Å². The zero-order valence-electron chi connectivity index (χ0n) is 18.4. The Morgan fingerprint density at radius 3 is 2.18 bits per heavy atom. The maximum Gasteiger partial charge on any atom is 0.338 e. The molecule has 33 heavy (non-hydrogen) atoms. The molecule has 4 aliphatic rings. The van der Waals surface area contributed by atoms with Crippen LogP contribution < -0.4 is 4.90 Å². The molecule has 2 amide bonds. The van der Waals surface area contributed by atoms with Crippen LogP contribution >= 0.6 is 0 Å². The second-order valence-corrected chi connectivity index (χ2v) is 9.14. The third-order valence-corrected chi connectivity index (χ3v) is 7.66. The molecule has 1 saturated heterocycles. The lowest BCUT2D eigenvalue weighted by molar-refractivity contribution is -0.123. The summed E-state index contributed by atoms with van der Waals surface area (Å²) in [6, 6.07) is 23.0. The van der Waals surface area contributed by atoms with E-state index in [0.29, 0.717) is 11.3 Å². The van der Waals surface area contributed by atoms with Crippen molar-refractivity contribution in [3.05, 3.63) is 101 Å². The normalized spacial score (nSPS) is 26.6. The van der Waals surface area contributed by atoms with Crippen molar-refractivity contribution in [2.24, 2.45) is 11.8 Å². The van der Waals surface area contributed by atoms with Crippen molar-refractivity contribution in [3.63, 3.8) is 0 Å². The first kappa shape index (κ1) is 19.9. The van der Waals surface area contributed by atoms with Crippen LogP contribution in [0.3, 0.4) is 0 Å². The number of esters is 1. The number of benzene rings is 3. The number of imide groups is 1. The van der Waals surface area contributed by atoms with Gasteiger partial charge in [-0.15, -0.1) is 0 Å². The molecule has 3 aliphatic carbocycles. The highest BCUT2D eigenvalue weighted by Crippen LogP contribution is 2.64. The number of carbonyl (C=O) groups excluding carboxylic acids is 3. The number of nitrogens with zero attached hydrogens (tertiary/aromatic N) is 1. The van der Waals surface area contributed by atoms with Gasteiger partial charge in [0.1, 0.15) is 0 Å². The van der Waals surface area contributed by atoms with Gasteiger partial charge in [0.2, 0.25) is 11.8 Å². The van der Waals surface area contributed by atoms with E-state index in [-0.39, 0.29) is 24.3 Å². The first-order valence-corrected chi connectivity index (χ1v) is 11.3. The van der Waals surface area contributed by atoms with Gasteiger partial charge in [-0.1, -0.05) is 61.5 Å². The number of hydrogen-bond donors (Lipinski definition) is 0. The van der Waals surface area contributed by atoms with Crippen LogP contribution in [0.1, 0.15) is 52.4 Å². The highest BCUT2D eigenvalue weighted by Gasteiger charge is 2.66. The summed E-state index contributed by atoms with van der Waals surface area (Å²) in [4.78, 5) is 41.4. The SMILES string of the molecule is CCOC(=O)c1cccc(N2C(=O)[C@@H]3[C@@H](C2=O)C2c4ccccc4C3(C)c3ccccc32)c1. The Bertz CT molecular complexity index is 1300. The Hall–Kier alpha value is -3.73. The van der Waals surface area contributed by atoms with Crippen molar-refractivity contribution in [3.8, 4) is 0 Å². The Morgan fingerprint density at radius 1 is 0.909 bits per heavy atom. The average molecular weight is 437 g/mol. The van der Waals surface area contributed by atoms with E-state index in [4.69, 9.17) is 4.74 Å². The summed E-state index contributed by atoms with van der Waals surface area (Å²) >= 11 is 0. The summed E-state index contributed by atoms with van der Waals surface area (Å²) in [6.07, 6.45) is 0. The van der Waals surface area contributed by atoms with Crippen molar-refractivity contribution in [2.75, 3.05) is 11.5 Å². The van der Waals surface area contributed by atoms with Gasteiger partial charge in [-0.3, -0.25) is 9.59 Å². The fraction of sp³-hybridized carbons (Fsp3) is 0.250. The molecular formula is C28H23NO4. The third kappa shape index (κ3) is 2.45. The maximum atomic E-state index is 14.0. The number of hydrogen-bond acceptors (Lipinski definition) is 4. The molecule has 2 atom stereocenters. The molecule has 0 N–H and O–H groups in total. The van der Waals surface area contributed by atoms with Gasteiger partial charge < -0.3 is 4.74 Å². The molecule has 0 saturated carbocycles. The van der Waals surface area contributed by atoms with Crippen LogP contribution in [0, 0.1) is 11.8 Å². The molecule has 5 heteroatoms. The number of amides is 2. The fourth-order valence-corrected chi connectivity index (χ4v) is 6.39. The van der Waals surface area contributed by atoms with Crippen LogP contribution in [0.25, 0.3) is 0 Å². The van der Waals surface area contributed by atoms with E-state index in [1.807, 2.05) is 24.3 Å². The van der Waals surface area contributed by atoms with Crippen molar-refractivity contribution >= 4 is 23.5 Å². The zero-order valence-corrected chi connectivity index (χ0v) is 18.4. The molecule has 0 unspecified atom stereocenters. The molecule has 0 spiro atoms. The van der Waals surface area contributed by atoms with Crippen molar-refractivity contribution in [1.29, 1.82) is 0 Å². The summed E-state index contributed by atoms with van der Waals surface area (Å²) in [6.45, 7) is 4.10. The minimum absolute atomic E-state index is 0.168. The minimum atomic E-state index is -0.604. The van der Waals surface area contributed by atoms with E-state index in [2.05, 4.69) is 31.2 Å². The second-order valence-electron chi connectivity index (χ2n) is 9.14. The Labute approximate surface area is 192 Å². The van der Waals surface area contributed by atoms with E-state index >= 15 is 0 Å². The molecule has 0 aromatic heterocycles. The van der Waals surface area contributed by atoms with E-state index in [1.165, 1.54) is 4.90 Å². The number of ether oxygens (including phenoxy) is 1. The monoisotopic (exact) mass is 437 g/mol. The molecule has 5 nitrogen and oxygen atoms in total. The number of anilines is 1. The first-order valence-electron chi connectivity index (χ1n) is 11.3. The van der Waals surface area contributed by atoms with Gasteiger partial charge >= 0.3 is 5.97 Å². The summed E-state index contributed by atoms with van der Waals surface area (Å²) in [7, 11) is 0. The largest absolute Gasteiger partial charge is 0.462 e. The molecular weight excluding hydrogens is 414 g/mol. The van der Waals surface area contributed by atoms with Gasteiger partial charge in [0, 0.05) is 11.3 Å². The maximum absolute atomic E-state index is 14.0. The summed E-state index contributed by atoms with van der Waals surface area (Å²) in [5.41, 5.74) is 4.64. The van der Waals surface area contributed by atoms with E-state index in [0.717, 1.165) is 22.3 Å². The molecule has 164 valence electrons. The van der Waals surface area contributed by atoms with Crippen LogP contribution in [-0.2, 0) is 19.7 Å². The molecule has 1 heterocycles. The Balaban J connectivity index is 1.52. The summed E-state index contributed by atoms with van der Waals surface area (Å²) < 4.78 is 5.11. The first-order chi connectivity index (χ1) is 16.0. The van der Waals surface area contributed by atoms with Crippen molar-refractivity contribution in [1.82, 2.24) is 0 Å². The van der Waals surface area contributed by atoms with Crippen molar-refractivity contribution in [2.45, 2.75) is 25.2 Å². The number of carbonyl (C=O) groups is 3. The predicted molar refractivity (Wildman–Crippen MR) is 123 cm³/mol.